The Labute approximate surface area is 121 Å². The fourth-order valence-corrected chi connectivity index (χ4v) is 1.56. The van der Waals surface area contributed by atoms with Crippen LogP contribution in [-0.2, 0) is 0 Å². The van der Waals surface area contributed by atoms with Crippen molar-refractivity contribution in [1.29, 1.82) is 0 Å². The minimum Gasteiger partial charge on any atom is -0.483 e. The van der Waals surface area contributed by atoms with Crippen LogP contribution in [0.2, 0.25) is 0 Å². The Balaban J connectivity index is 2.11. The number of rotatable bonds is 5. The van der Waals surface area contributed by atoms with E-state index < -0.39 is 0 Å². The van der Waals surface area contributed by atoms with E-state index in [2.05, 4.69) is 15.5 Å². The van der Waals surface area contributed by atoms with Crippen LogP contribution in [0, 0.1) is 0 Å². The Morgan fingerprint density at radius 2 is 2.05 bits per heavy atom. The number of pyridine rings is 1. The van der Waals surface area contributed by atoms with Gasteiger partial charge in [-0.15, -0.1) is 0 Å². The number of ether oxygens (including phenoxy) is 1. The van der Waals surface area contributed by atoms with Crippen LogP contribution in [0.1, 0.15) is 10.5 Å². The molecule has 0 radical (unpaired) electrons. The monoisotopic (exact) mass is 286 g/mol. The summed E-state index contributed by atoms with van der Waals surface area (Å²) in [7, 11) is 0. The van der Waals surface area contributed by atoms with E-state index in [1.54, 1.807) is 42.5 Å². The molecule has 4 N–H and O–H groups in total. The van der Waals surface area contributed by atoms with Gasteiger partial charge in [-0.25, -0.2) is 0 Å². The van der Waals surface area contributed by atoms with Crippen molar-refractivity contribution in [3.8, 4) is 5.75 Å². The molecule has 0 saturated heterocycles. The summed E-state index contributed by atoms with van der Waals surface area (Å²) in [6.07, 6.45) is 1.54. The second kappa shape index (κ2) is 6.90. The molecular weight excluding hydrogens is 272 g/mol. The highest BCUT2D eigenvalue weighted by Gasteiger charge is 2.10. The summed E-state index contributed by atoms with van der Waals surface area (Å²) in [6.45, 7) is -0.0903. The highest BCUT2D eigenvalue weighted by atomic mass is 16.5. The van der Waals surface area contributed by atoms with Crippen LogP contribution in [0.3, 0.4) is 0 Å². The van der Waals surface area contributed by atoms with Crippen LogP contribution in [0.4, 0.5) is 5.69 Å². The summed E-state index contributed by atoms with van der Waals surface area (Å²) in [5, 5.41) is 14.0. The van der Waals surface area contributed by atoms with Crippen LogP contribution < -0.4 is 15.8 Å². The first-order valence-electron chi connectivity index (χ1n) is 6.11. The molecule has 0 aliphatic carbocycles. The smallest absolute Gasteiger partial charge is 0.274 e. The van der Waals surface area contributed by atoms with Gasteiger partial charge in [0.15, 0.2) is 5.84 Å². The molecule has 0 aliphatic heterocycles. The lowest BCUT2D eigenvalue weighted by Crippen LogP contribution is -2.21. The first kappa shape index (κ1) is 14.3. The number of benzene rings is 1. The van der Waals surface area contributed by atoms with Crippen LogP contribution in [-0.4, -0.2) is 28.5 Å². The highest BCUT2D eigenvalue weighted by molar-refractivity contribution is 6.03. The number of hydrogen-bond acceptors (Lipinski definition) is 5. The Bertz CT molecular complexity index is 644. The average Bonchev–Trinajstić information content (AvgIpc) is 2.54. The molecule has 0 atom stereocenters. The molecular formula is C14H14N4O3. The minimum absolute atomic E-state index is 0.0687. The number of para-hydroxylation sites is 2. The van der Waals surface area contributed by atoms with Gasteiger partial charge >= 0.3 is 0 Å². The van der Waals surface area contributed by atoms with Gasteiger partial charge in [-0.05, 0) is 24.3 Å². The van der Waals surface area contributed by atoms with Crippen LogP contribution in [0.15, 0.2) is 53.8 Å². The lowest BCUT2D eigenvalue weighted by molar-refractivity contribution is 0.102. The summed E-state index contributed by atoms with van der Waals surface area (Å²) in [6, 6.07) is 11.9. The topological polar surface area (TPSA) is 110 Å². The van der Waals surface area contributed by atoms with Gasteiger partial charge in [0.05, 0.1) is 5.69 Å². The number of carbonyl (C=O) groups excluding carboxylic acids is 1. The normalized spacial score (nSPS) is 11.0. The van der Waals surface area contributed by atoms with Gasteiger partial charge in [0.2, 0.25) is 0 Å². The van der Waals surface area contributed by atoms with Crippen molar-refractivity contribution in [3.05, 3.63) is 54.4 Å². The predicted octanol–water partition coefficient (Wildman–Crippen LogP) is 1.46. The number of anilines is 1. The van der Waals surface area contributed by atoms with E-state index in [1.807, 2.05) is 0 Å². The van der Waals surface area contributed by atoms with Gasteiger partial charge in [-0.1, -0.05) is 23.4 Å². The van der Waals surface area contributed by atoms with E-state index in [0.717, 1.165) is 0 Å². The summed E-state index contributed by atoms with van der Waals surface area (Å²) >= 11 is 0. The molecule has 7 nitrogen and oxygen atoms in total. The number of carbonyl (C=O) groups is 1. The zero-order valence-electron chi connectivity index (χ0n) is 11.1. The number of amides is 1. The van der Waals surface area contributed by atoms with E-state index in [-0.39, 0.29) is 18.3 Å². The molecule has 0 fully saturated rings. The number of aromatic nitrogens is 1. The van der Waals surface area contributed by atoms with Gasteiger partial charge < -0.3 is 21.0 Å². The molecule has 7 heteroatoms. The number of nitrogens with zero attached hydrogens (tertiary/aromatic N) is 2. The molecule has 21 heavy (non-hydrogen) atoms. The van der Waals surface area contributed by atoms with Crippen LogP contribution in [0.5, 0.6) is 5.75 Å². The number of nitrogens with one attached hydrogen (secondary N) is 1. The molecule has 1 heterocycles. The van der Waals surface area contributed by atoms with Gasteiger partial charge in [0.25, 0.3) is 5.91 Å². The molecule has 2 rings (SSSR count). The van der Waals surface area contributed by atoms with Gasteiger partial charge in [0.1, 0.15) is 18.1 Å². The Hall–Kier alpha value is -3.09. The second-order valence-corrected chi connectivity index (χ2v) is 4.05. The third-order valence-electron chi connectivity index (χ3n) is 2.54. The van der Waals surface area contributed by atoms with E-state index in [9.17, 15) is 4.79 Å². The molecule has 0 unspecified atom stereocenters. The fourth-order valence-electron chi connectivity index (χ4n) is 1.56. The van der Waals surface area contributed by atoms with Crippen molar-refractivity contribution in [1.82, 2.24) is 4.98 Å². The van der Waals surface area contributed by atoms with E-state index in [1.165, 1.54) is 6.20 Å². The molecule has 108 valence electrons. The molecule has 1 aromatic carbocycles. The van der Waals surface area contributed by atoms with Gasteiger partial charge in [-0.2, -0.15) is 0 Å². The number of amidine groups is 1. The quantitative estimate of drug-likeness (QED) is 0.333. The van der Waals surface area contributed by atoms with Crippen molar-refractivity contribution in [2.75, 3.05) is 11.9 Å². The molecule has 0 saturated carbocycles. The minimum atomic E-state index is -0.351. The lowest BCUT2D eigenvalue weighted by Gasteiger charge is -2.11. The molecule has 2 aromatic rings. The van der Waals surface area contributed by atoms with Crippen molar-refractivity contribution < 1.29 is 14.7 Å². The summed E-state index contributed by atoms with van der Waals surface area (Å²) in [5.41, 5.74) is 6.11. The van der Waals surface area contributed by atoms with Crippen LogP contribution in [0.25, 0.3) is 0 Å². The van der Waals surface area contributed by atoms with Gasteiger partial charge in [-0.3, -0.25) is 9.78 Å². The van der Waals surface area contributed by atoms with E-state index in [0.29, 0.717) is 17.1 Å². The summed E-state index contributed by atoms with van der Waals surface area (Å²) in [4.78, 5) is 16.0. The summed E-state index contributed by atoms with van der Waals surface area (Å²) in [5.74, 6) is -0.00955. The number of hydrogen-bond donors (Lipinski definition) is 3. The maximum atomic E-state index is 12.0. The Kier molecular flexibility index (Phi) is 4.70. The third-order valence-corrected chi connectivity index (χ3v) is 2.54. The Morgan fingerprint density at radius 1 is 1.29 bits per heavy atom. The van der Waals surface area contributed by atoms with Crippen LogP contribution >= 0.6 is 0 Å². The van der Waals surface area contributed by atoms with E-state index in [4.69, 9.17) is 15.7 Å². The average molecular weight is 286 g/mol. The zero-order chi connectivity index (χ0) is 15.1. The molecule has 1 aromatic heterocycles. The first-order valence-corrected chi connectivity index (χ1v) is 6.11. The van der Waals surface area contributed by atoms with Crippen molar-refractivity contribution >= 4 is 17.4 Å². The number of nitrogens with two attached hydrogens (primary N) is 1. The lowest BCUT2D eigenvalue weighted by atomic mass is 10.2. The zero-order valence-corrected chi connectivity index (χ0v) is 11.1. The standard InChI is InChI=1S/C14H14N4O3/c15-13(18-20)9-21-12-7-2-1-5-10(12)17-14(19)11-6-3-4-8-16-11/h1-8,20H,9H2,(H2,15,18)(H,17,19). The largest absolute Gasteiger partial charge is 0.483 e. The van der Waals surface area contributed by atoms with Crippen molar-refractivity contribution in [3.63, 3.8) is 0 Å². The third kappa shape index (κ3) is 3.93. The molecule has 0 bridgehead atoms. The number of oxime groups is 1. The van der Waals surface area contributed by atoms with Gasteiger partial charge in [0, 0.05) is 6.20 Å². The molecule has 0 aliphatic rings. The van der Waals surface area contributed by atoms with Crippen molar-refractivity contribution in [2.45, 2.75) is 0 Å². The highest BCUT2D eigenvalue weighted by Crippen LogP contribution is 2.24. The second-order valence-electron chi connectivity index (χ2n) is 4.05. The molecule has 0 spiro atoms. The first-order chi connectivity index (χ1) is 10.2. The fraction of sp³-hybridized carbons (Fsp3) is 0.0714. The SMILES string of the molecule is N/C(COc1ccccc1NC(=O)c1ccccn1)=N\O. The maximum absolute atomic E-state index is 12.0. The van der Waals surface area contributed by atoms with Crippen molar-refractivity contribution in [2.24, 2.45) is 10.9 Å². The molecule has 1 amide bonds. The Morgan fingerprint density at radius 3 is 2.76 bits per heavy atom. The predicted molar refractivity (Wildman–Crippen MR) is 77.5 cm³/mol. The maximum Gasteiger partial charge on any atom is 0.274 e. The summed E-state index contributed by atoms with van der Waals surface area (Å²) < 4.78 is 5.38. The van der Waals surface area contributed by atoms with E-state index >= 15 is 0 Å².